The molecule has 1 aromatic heterocycles. The normalized spacial score (nSPS) is 11.1. The Kier molecular flexibility index (Phi) is 4.47. The van der Waals surface area contributed by atoms with E-state index in [4.69, 9.17) is 9.84 Å². The zero-order chi connectivity index (χ0) is 13.8. The van der Waals surface area contributed by atoms with Crippen LogP contribution in [-0.4, -0.2) is 34.2 Å². The van der Waals surface area contributed by atoms with Gasteiger partial charge in [0.2, 0.25) is 5.88 Å². The molecule has 0 bridgehead atoms. The second-order valence-electron chi connectivity index (χ2n) is 4.61. The number of nitrogens with zero attached hydrogens (tertiary/aromatic N) is 2. The van der Waals surface area contributed by atoms with Gasteiger partial charge in [0.15, 0.2) is 0 Å². The van der Waals surface area contributed by atoms with Crippen molar-refractivity contribution in [2.45, 2.75) is 27.7 Å². The van der Waals surface area contributed by atoms with E-state index in [9.17, 15) is 4.79 Å². The first-order valence-corrected chi connectivity index (χ1v) is 5.81. The minimum Gasteiger partial charge on any atom is -0.481 e. The van der Waals surface area contributed by atoms with Crippen molar-refractivity contribution in [2.75, 3.05) is 18.5 Å². The summed E-state index contributed by atoms with van der Waals surface area (Å²) < 4.78 is 5.30. The van der Waals surface area contributed by atoms with Crippen LogP contribution in [0.15, 0.2) is 6.07 Å². The Labute approximate surface area is 106 Å². The van der Waals surface area contributed by atoms with E-state index in [1.165, 1.54) is 0 Å². The first-order chi connectivity index (χ1) is 8.35. The maximum Gasteiger partial charge on any atom is 0.310 e. The molecule has 1 rings (SSSR count). The molecule has 18 heavy (non-hydrogen) atoms. The van der Waals surface area contributed by atoms with Gasteiger partial charge < -0.3 is 15.2 Å². The van der Waals surface area contributed by atoms with Gasteiger partial charge in [-0.3, -0.25) is 4.79 Å². The molecule has 1 heterocycles. The number of anilines is 1. The number of aryl methyl sites for hydroxylation is 1. The molecule has 100 valence electrons. The number of aromatic nitrogens is 2. The van der Waals surface area contributed by atoms with Crippen LogP contribution in [0.5, 0.6) is 5.88 Å². The molecule has 0 fully saturated rings. The molecule has 0 aromatic carbocycles. The maximum atomic E-state index is 11.0. The van der Waals surface area contributed by atoms with Gasteiger partial charge in [0.05, 0.1) is 12.0 Å². The fraction of sp³-hybridized carbons (Fsp3) is 0.583. The van der Waals surface area contributed by atoms with Crippen LogP contribution < -0.4 is 10.1 Å². The lowest BCUT2D eigenvalue weighted by Gasteiger charge is -2.20. The number of carboxylic acid groups (broad SMARTS) is 1. The molecule has 0 unspecified atom stereocenters. The molecule has 0 amide bonds. The number of hydrogen-bond acceptors (Lipinski definition) is 5. The SMILES string of the molecule is CCOc1cc(NCC(C)(C)C(=O)O)nc(C)n1. The van der Waals surface area contributed by atoms with E-state index in [-0.39, 0.29) is 6.54 Å². The topological polar surface area (TPSA) is 84.3 Å². The average Bonchev–Trinajstić information content (AvgIpc) is 2.26. The summed E-state index contributed by atoms with van der Waals surface area (Å²) in [5, 5.41) is 12.0. The summed E-state index contributed by atoms with van der Waals surface area (Å²) in [7, 11) is 0. The van der Waals surface area contributed by atoms with Gasteiger partial charge in [-0.1, -0.05) is 0 Å². The fourth-order valence-electron chi connectivity index (χ4n) is 1.24. The lowest BCUT2D eigenvalue weighted by Crippen LogP contribution is -2.32. The molecule has 1 aromatic rings. The van der Waals surface area contributed by atoms with E-state index in [0.29, 0.717) is 24.1 Å². The highest BCUT2D eigenvalue weighted by Crippen LogP contribution is 2.18. The van der Waals surface area contributed by atoms with Crippen molar-refractivity contribution in [1.29, 1.82) is 0 Å². The van der Waals surface area contributed by atoms with Crippen LogP contribution in [-0.2, 0) is 4.79 Å². The molecular weight excluding hydrogens is 234 g/mol. The molecule has 0 aliphatic heterocycles. The second kappa shape index (κ2) is 5.66. The van der Waals surface area contributed by atoms with Crippen LogP contribution in [0.1, 0.15) is 26.6 Å². The third kappa shape index (κ3) is 3.87. The highest BCUT2D eigenvalue weighted by molar-refractivity contribution is 5.74. The number of ether oxygens (including phenoxy) is 1. The molecule has 0 saturated carbocycles. The van der Waals surface area contributed by atoms with E-state index >= 15 is 0 Å². The molecule has 0 radical (unpaired) electrons. The van der Waals surface area contributed by atoms with Gasteiger partial charge in [-0.25, -0.2) is 4.98 Å². The number of carbonyl (C=O) groups is 1. The van der Waals surface area contributed by atoms with Crippen molar-refractivity contribution < 1.29 is 14.6 Å². The predicted octanol–water partition coefficient (Wildman–Crippen LogP) is 1.71. The summed E-state index contributed by atoms with van der Waals surface area (Å²) in [6.07, 6.45) is 0. The lowest BCUT2D eigenvalue weighted by atomic mass is 9.94. The fourth-order valence-corrected chi connectivity index (χ4v) is 1.24. The van der Waals surface area contributed by atoms with E-state index in [1.807, 2.05) is 6.92 Å². The van der Waals surface area contributed by atoms with Gasteiger partial charge in [-0.15, -0.1) is 0 Å². The van der Waals surface area contributed by atoms with Crippen molar-refractivity contribution in [3.05, 3.63) is 11.9 Å². The third-order valence-electron chi connectivity index (χ3n) is 2.40. The smallest absolute Gasteiger partial charge is 0.310 e. The van der Waals surface area contributed by atoms with Crippen molar-refractivity contribution in [2.24, 2.45) is 5.41 Å². The Hall–Kier alpha value is -1.85. The Morgan fingerprint density at radius 2 is 2.17 bits per heavy atom. The molecule has 2 N–H and O–H groups in total. The summed E-state index contributed by atoms with van der Waals surface area (Å²) >= 11 is 0. The highest BCUT2D eigenvalue weighted by Gasteiger charge is 2.26. The van der Waals surface area contributed by atoms with Crippen molar-refractivity contribution >= 4 is 11.8 Å². The van der Waals surface area contributed by atoms with Crippen molar-refractivity contribution in [3.8, 4) is 5.88 Å². The van der Waals surface area contributed by atoms with E-state index in [1.54, 1.807) is 26.8 Å². The third-order valence-corrected chi connectivity index (χ3v) is 2.40. The molecule has 6 heteroatoms. The molecule has 0 saturated heterocycles. The van der Waals surface area contributed by atoms with Crippen LogP contribution in [0.4, 0.5) is 5.82 Å². The van der Waals surface area contributed by atoms with E-state index in [0.717, 1.165) is 0 Å². The summed E-state index contributed by atoms with van der Waals surface area (Å²) in [6.45, 7) is 7.74. The monoisotopic (exact) mass is 253 g/mol. The standard InChI is InChI=1S/C12H19N3O3/c1-5-18-10-6-9(14-8(2)15-10)13-7-12(3,4)11(16)17/h6H,5,7H2,1-4H3,(H,16,17)(H,13,14,15). The Morgan fingerprint density at radius 1 is 1.50 bits per heavy atom. The zero-order valence-electron chi connectivity index (χ0n) is 11.1. The average molecular weight is 253 g/mol. The van der Waals surface area contributed by atoms with Crippen LogP contribution in [0.2, 0.25) is 0 Å². The van der Waals surface area contributed by atoms with Crippen molar-refractivity contribution in [3.63, 3.8) is 0 Å². The molecule has 0 atom stereocenters. The summed E-state index contributed by atoms with van der Waals surface area (Å²) in [5.74, 6) is 0.781. The number of aliphatic carboxylic acids is 1. The molecule has 0 spiro atoms. The van der Waals surface area contributed by atoms with E-state index < -0.39 is 11.4 Å². The number of hydrogen-bond donors (Lipinski definition) is 2. The molecular formula is C12H19N3O3. The first kappa shape index (κ1) is 14.2. The van der Waals surface area contributed by atoms with Gasteiger partial charge in [-0.2, -0.15) is 4.98 Å². The van der Waals surface area contributed by atoms with E-state index in [2.05, 4.69) is 15.3 Å². The molecule has 0 aliphatic rings. The van der Waals surface area contributed by atoms with Crippen LogP contribution in [0.3, 0.4) is 0 Å². The zero-order valence-corrected chi connectivity index (χ0v) is 11.1. The largest absolute Gasteiger partial charge is 0.481 e. The van der Waals surface area contributed by atoms with Gasteiger partial charge in [0, 0.05) is 12.6 Å². The highest BCUT2D eigenvalue weighted by atomic mass is 16.5. The Balaban J connectivity index is 2.76. The summed E-state index contributed by atoms with van der Waals surface area (Å²) in [6, 6.07) is 1.66. The van der Waals surface area contributed by atoms with Gasteiger partial charge in [-0.05, 0) is 27.7 Å². The van der Waals surface area contributed by atoms with Gasteiger partial charge in [0.25, 0.3) is 0 Å². The van der Waals surface area contributed by atoms with Crippen LogP contribution in [0.25, 0.3) is 0 Å². The van der Waals surface area contributed by atoms with Crippen molar-refractivity contribution in [1.82, 2.24) is 9.97 Å². The summed E-state index contributed by atoms with van der Waals surface area (Å²) in [5.41, 5.74) is -0.857. The molecule has 0 aliphatic carbocycles. The number of carboxylic acids is 1. The van der Waals surface area contributed by atoms with Crippen LogP contribution in [0, 0.1) is 12.3 Å². The van der Waals surface area contributed by atoms with Gasteiger partial charge >= 0.3 is 5.97 Å². The van der Waals surface area contributed by atoms with Gasteiger partial charge in [0.1, 0.15) is 11.6 Å². The van der Waals surface area contributed by atoms with Crippen LogP contribution >= 0.6 is 0 Å². The minimum atomic E-state index is -0.857. The predicted molar refractivity (Wildman–Crippen MR) is 67.8 cm³/mol. The quantitative estimate of drug-likeness (QED) is 0.802. The number of nitrogens with one attached hydrogen (secondary N) is 1. The Morgan fingerprint density at radius 3 is 2.72 bits per heavy atom. The maximum absolute atomic E-state index is 11.0. The molecule has 6 nitrogen and oxygen atoms in total. The number of rotatable bonds is 6. The Bertz CT molecular complexity index is 433. The second-order valence-corrected chi connectivity index (χ2v) is 4.61. The summed E-state index contributed by atoms with van der Waals surface area (Å²) in [4.78, 5) is 19.3. The lowest BCUT2D eigenvalue weighted by molar-refractivity contribution is -0.146. The minimum absolute atomic E-state index is 0.282. The first-order valence-electron chi connectivity index (χ1n) is 5.81.